The molecule has 0 saturated carbocycles. The van der Waals surface area contributed by atoms with Crippen LogP contribution < -0.4 is 9.47 Å². The van der Waals surface area contributed by atoms with E-state index in [0.29, 0.717) is 25.0 Å². The van der Waals surface area contributed by atoms with Gasteiger partial charge in [0.25, 0.3) is 0 Å². The lowest BCUT2D eigenvalue weighted by Crippen LogP contribution is -2.05. The number of methoxy groups -OCH3 is 1. The Hall–Kier alpha value is -2.16. The molecule has 0 saturated heterocycles. The lowest BCUT2D eigenvalue weighted by atomic mass is 10.0. The average molecular weight is 357 g/mol. The van der Waals surface area contributed by atoms with Crippen LogP contribution in [0.2, 0.25) is 0 Å². The van der Waals surface area contributed by atoms with Gasteiger partial charge in [-0.2, -0.15) is 0 Å². The summed E-state index contributed by atoms with van der Waals surface area (Å²) in [6, 6.07) is 10.3. The summed E-state index contributed by atoms with van der Waals surface area (Å²) in [6.07, 6.45) is 5.67. The fraction of sp³-hybridized carbons (Fsp3) is 0.478. The van der Waals surface area contributed by atoms with Crippen molar-refractivity contribution in [3.05, 3.63) is 42.2 Å². The molecule has 142 valence electrons. The second-order valence-electron chi connectivity index (χ2n) is 7.44. The quantitative estimate of drug-likeness (QED) is 0.467. The monoisotopic (exact) mass is 356 g/mol. The Morgan fingerprint density at radius 2 is 1.50 bits per heavy atom. The molecule has 0 bridgehead atoms. The molecule has 0 N–H and O–H groups in total. The number of hydrogen-bond donors (Lipinski definition) is 0. The van der Waals surface area contributed by atoms with Crippen molar-refractivity contribution in [1.29, 1.82) is 0 Å². The zero-order valence-corrected chi connectivity index (χ0v) is 16.7. The van der Waals surface area contributed by atoms with Crippen molar-refractivity contribution < 1.29 is 14.2 Å². The Bertz CT molecular complexity index is 717. The maximum Gasteiger partial charge on any atom is 0.134 e. The lowest BCUT2D eigenvalue weighted by molar-refractivity contribution is 0.286. The number of hydrogen-bond acceptors (Lipinski definition) is 3. The van der Waals surface area contributed by atoms with E-state index in [9.17, 15) is 0 Å². The van der Waals surface area contributed by atoms with Gasteiger partial charge >= 0.3 is 0 Å². The highest BCUT2D eigenvalue weighted by atomic mass is 16.5. The lowest BCUT2D eigenvalue weighted by Gasteiger charge is -2.17. The molecule has 0 aliphatic carbocycles. The standard InChI is InChI=1S/C23H32O3/c1-17(2)10-14-25-22-16-19(12-13-24-5)23(26-15-11-18(3)4)21-9-7-6-8-20(21)22/h6-9,12-13,16-18H,10-11,14-15H2,1-5H3. The van der Waals surface area contributed by atoms with Gasteiger partial charge in [0, 0.05) is 16.3 Å². The third-order valence-corrected chi connectivity index (χ3v) is 4.26. The molecule has 0 spiro atoms. The van der Waals surface area contributed by atoms with E-state index in [0.717, 1.165) is 40.7 Å². The zero-order chi connectivity index (χ0) is 18.9. The third-order valence-electron chi connectivity index (χ3n) is 4.26. The van der Waals surface area contributed by atoms with E-state index in [2.05, 4.69) is 45.9 Å². The first-order valence-corrected chi connectivity index (χ1v) is 9.53. The fourth-order valence-corrected chi connectivity index (χ4v) is 2.68. The van der Waals surface area contributed by atoms with Gasteiger partial charge in [0.2, 0.25) is 0 Å². The van der Waals surface area contributed by atoms with E-state index in [4.69, 9.17) is 14.2 Å². The Labute approximate surface area is 158 Å². The van der Waals surface area contributed by atoms with Gasteiger partial charge in [-0.15, -0.1) is 0 Å². The Kier molecular flexibility index (Phi) is 7.83. The summed E-state index contributed by atoms with van der Waals surface area (Å²) in [6.45, 7) is 10.2. The van der Waals surface area contributed by atoms with Crippen LogP contribution in [0.4, 0.5) is 0 Å². The second-order valence-corrected chi connectivity index (χ2v) is 7.44. The Morgan fingerprint density at radius 3 is 2.12 bits per heavy atom. The highest BCUT2D eigenvalue weighted by Gasteiger charge is 2.13. The minimum atomic E-state index is 0.609. The summed E-state index contributed by atoms with van der Waals surface area (Å²) in [4.78, 5) is 0. The highest BCUT2D eigenvalue weighted by molar-refractivity contribution is 5.96. The first kappa shape index (κ1) is 20.2. The Balaban J connectivity index is 2.41. The van der Waals surface area contributed by atoms with Gasteiger partial charge in [-0.05, 0) is 36.8 Å². The number of benzene rings is 2. The van der Waals surface area contributed by atoms with Crippen LogP contribution in [0.25, 0.3) is 16.8 Å². The molecule has 0 amide bonds. The summed E-state index contributed by atoms with van der Waals surface area (Å²) in [5.41, 5.74) is 0.980. The van der Waals surface area contributed by atoms with Gasteiger partial charge in [0.15, 0.2) is 0 Å². The van der Waals surface area contributed by atoms with Gasteiger partial charge in [-0.25, -0.2) is 0 Å². The molecule has 3 heteroatoms. The Morgan fingerprint density at radius 1 is 0.885 bits per heavy atom. The molecule has 0 aromatic heterocycles. The molecule has 2 rings (SSSR count). The molecule has 2 aromatic rings. The van der Waals surface area contributed by atoms with Crippen LogP contribution in [0.15, 0.2) is 36.6 Å². The molecule has 0 radical (unpaired) electrons. The van der Waals surface area contributed by atoms with Crippen molar-refractivity contribution >= 4 is 16.8 Å². The smallest absolute Gasteiger partial charge is 0.134 e. The number of fused-ring (bicyclic) bond motifs is 1. The van der Waals surface area contributed by atoms with Crippen molar-refractivity contribution in [1.82, 2.24) is 0 Å². The van der Waals surface area contributed by atoms with Gasteiger partial charge < -0.3 is 14.2 Å². The molecular formula is C23H32O3. The van der Waals surface area contributed by atoms with E-state index in [1.165, 1.54) is 0 Å². The largest absolute Gasteiger partial charge is 0.504 e. The predicted molar refractivity (Wildman–Crippen MR) is 110 cm³/mol. The first-order valence-electron chi connectivity index (χ1n) is 9.53. The van der Waals surface area contributed by atoms with Gasteiger partial charge in [0.05, 0.1) is 26.6 Å². The highest BCUT2D eigenvalue weighted by Crippen LogP contribution is 2.38. The van der Waals surface area contributed by atoms with Crippen LogP contribution in [0.3, 0.4) is 0 Å². The predicted octanol–water partition coefficient (Wildman–Crippen LogP) is 6.31. The van der Waals surface area contributed by atoms with Crippen molar-refractivity contribution in [2.45, 2.75) is 40.5 Å². The van der Waals surface area contributed by atoms with Gasteiger partial charge in [0.1, 0.15) is 11.5 Å². The summed E-state index contributed by atoms with van der Waals surface area (Å²) >= 11 is 0. The van der Waals surface area contributed by atoms with Crippen molar-refractivity contribution in [3.63, 3.8) is 0 Å². The van der Waals surface area contributed by atoms with E-state index < -0.39 is 0 Å². The first-order chi connectivity index (χ1) is 12.5. The zero-order valence-electron chi connectivity index (χ0n) is 16.7. The SMILES string of the molecule is COC=Cc1cc(OCCC(C)C)c2ccccc2c1OCCC(C)C. The minimum Gasteiger partial charge on any atom is -0.504 e. The molecule has 0 atom stereocenters. The third kappa shape index (κ3) is 5.69. The number of ether oxygens (including phenoxy) is 3. The van der Waals surface area contributed by atoms with Crippen LogP contribution >= 0.6 is 0 Å². The van der Waals surface area contributed by atoms with Crippen LogP contribution in [-0.4, -0.2) is 20.3 Å². The van der Waals surface area contributed by atoms with Crippen LogP contribution in [0.1, 0.15) is 46.1 Å². The molecule has 26 heavy (non-hydrogen) atoms. The van der Waals surface area contributed by atoms with Gasteiger partial charge in [-0.3, -0.25) is 0 Å². The van der Waals surface area contributed by atoms with Crippen molar-refractivity contribution in [3.8, 4) is 11.5 Å². The average Bonchev–Trinajstić information content (AvgIpc) is 2.61. The molecule has 0 heterocycles. The molecule has 0 fully saturated rings. The summed E-state index contributed by atoms with van der Waals surface area (Å²) in [5, 5.41) is 2.17. The van der Waals surface area contributed by atoms with E-state index in [-0.39, 0.29) is 0 Å². The number of rotatable bonds is 10. The molecule has 0 unspecified atom stereocenters. The van der Waals surface area contributed by atoms with Crippen molar-refractivity contribution in [2.75, 3.05) is 20.3 Å². The van der Waals surface area contributed by atoms with E-state index >= 15 is 0 Å². The summed E-state index contributed by atoms with van der Waals surface area (Å²) in [7, 11) is 1.65. The van der Waals surface area contributed by atoms with Crippen molar-refractivity contribution in [2.24, 2.45) is 11.8 Å². The topological polar surface area (TPSA) is 27.7 Å². The van der Waals surface area contributed by atoms with Crippen LogP contribution in [0.5, 0.6) is 11.5 Å². The summed E-state index contributed by atoms with van der Waals surface area (Å²) < 4.78 is 17.4. The normalized spacial score (nSPS) is 11.7. The van der Waals surface area contributed by atoms with E-state index in [1.807, 2.05) is 18.2 Å². The molecule has 2 aromatic carbocycles. The molecule has 3 nitrogen and oxygen atoms in total. The molecule has 0 aliphatic heterocycles. The summed E-state index contributed by atoms with van der Waals surface area (Å²) in [5.74, 6) is 3.02. The molecule has 0 aliphatic rings. The van der Waals surface area contributed by atoms with Crippen LogP contribution in [-0.2, 0) is 4.74 Å². The molecular weight excluding hydrogens is 324 g/mol. The minimum absolute atomic E-state index is 0.609. The second kappa shape index (κ2) is 10.1. The fourth-order valence-electron chi connectivity index (χ4n) is 2.68. The van der Waals surface area contributed by atoms with E-state index in [1.54, 1.807) is 13.4 Å². The maximum absolute atomic E-state index is 6.19. The van der Waals surface area contributed by atoms with Gasteiger partial charge in [-0.1, -0.05) is 52.0 Å². The maximum atomic E-state index is 6.19. The van der Waals surface area contributed by atoms with Crippen LogP contribution in [0, 0.1) is 11.8 Å².